The van der Waals surface area contributed by atoms with Gasteiger partial charge in [-0.15, -0.1) is 10.2 Å². The summed E-state index contributed by atoms with van der Waals surface area (Å²) in [5, 5.41) is 18.5. The minimum Gasteiger partial charge on any atom is -0.395 e. The number of hydrogen-bond acceptors (Lipinski definition) is 7. The highest BCUT2D eigenvalue weighted by molar-refractivity contribution is 8.01. The van der Waals surface area contributed by atoms with Crippen molar-refractivity contribution < 1.29 is 5.11 Å². The van der Waals surface area contributed by atoms with Gasteiger partial charge in [-0.3, -0.25) is 0 Å². The molecule has 1 fully saturated rings. The van der Waals surface area contributed by atoms with Gasteiger partial charge >= 0.3 is 0 Å². The van der Waals surface area contributed by atoms with Gasteiger partial charge in [-0.1, -0.05) is 23.1 Å². The fourth-order valence-corrected chi connectivity index (χ4v) is 3.67. The molecule has 7 heteroatoms. The molecule has 1 aliphatic carbocycles. The first-order chi connectivity index (χ1) is 8.11. The Morgan fingerprint density at radius 1 is 1.53 bits per heavy atom. The molecule has 1 aliphatic rings. The van der Waals surface area contributed by atoms with Crippen molar-refractivity contribution in [2.24, 2.45) is 11.7 Å². The zero-order chi connectivity index (χ0) is 12.4. The highest BCUT2D eigenvalue weighted by Crippen LogP contribution is 2.38. The Labute approximate surface area is 109 Å². The summed E-state index contributed by atoms with van der Waals surface area (Å²) in [5.41, 5.74) is 6.11. The van der Waals surface area contributed by atoms with Crippen LogP contribution < -0.4 is 10.6 Å². The van der Waals surface area contributed by atoms with Gasteiger partial charge in [0.15, 0.2) is 4.34 Å². The lowest BCUT2D eigenvalue weighted by atomic mass is 10.1. The van der Waals surface area contributed by atoms with Crippen molar-refractivity contribution in [3.8, 4) is 0 Å². The molecule has 0 bridgehead atoms. The molecule has 17 heavy (non-hydrogen) atoms. The number of nitrogens with two attached hydrogens (primary N) is 1. The summed E-state index contributed by atoms with van der Waals surface area (Å²) in [6.07, 6.45) is 2.38. The lowest BCUT2D eigenvalue weighted by molar-refractivity contribution is 0.277. The SMILES string of the molecule is CN(C)c1nnc(SC(CO)C(N)C2CC2)s1. The van der Waals surface area contributed by atoms with E-state index in [1.165, 1.54) is 24.2 Å². The zero-order valence-electron chi connectivity index (χ0n) is 10.0. The maximum absolute atomic E-state index is 9.40. The normalized spacial score (nSPS) is 19.1. The first kappa shape index (κ1) is 13.1. The van der Waals surface area contributed by atoms with Crippen LogP contribution in [-0.2, 0) is 0 Å². The predicted molar refractivity (Wildman–Crippen MR) is 71.7 cm³/mol. The van der Waals surface area contributed by atoms with E-state index in [0.29, 0.717) is 5.92 Å². The van der Waals surface area contributed by atoms with Crippen LogP contribution in [0.15, 0.2) is 4.34 Å². The van der Waals surface area contributed by atoms with Crippen molar-refractivity contribution in [1.82, 2.24) is 10.2 Å². The molecule has 0 saturated heterocycles. The van der Waals surface area contributed by atoms with Crippen LogP contribution in [0.5, 0.6) is 0 Å². The first-order valence-corrected chi connectivity index (χ1v) is 7.35. The molecule has 0 amide bonds. The van der Waals surface area contributed by atoms with Crippen molar-refractivity contribution in [1.29, 1.82) is 0 Å². The molecule has 0 radical (unpaired) electrons. The number of thioether (sulfide) groups is 1. The Balaban J connectivity index is 1.96. The number of aromatic nitrogens is 2. The van der Waals surface area contributed by atoms with Gasteiger partial charge in [0.05, 0.1) is 11.9 Å². The van der Waals surface area contributed by atoms with E-state index in [0.717, 1.165) is 9.47 Å². The molecule has 0 spiro atoms. The smallest absolute Gasteiger partial charge is 0.208 e. The highest BCUT2D eigenvalue weighted by atomic mass is 32.2. The van der Waals surface area contributed by atoms with Crippen LogP contribution in [0.3, 0.4) is 0 Å². The van der Waals surface area contributed by atoms with E-state index in [1.54, 1.807) is 11.8 Å². The third-order valence-electron chi connectivity index (χ3n) is 2.81. The second kappa shape index (κ2) is 5.51. The van der Waals surface area contributed by atoms with E-state index in [2.05, 4.69) is 10.2 Å². The summed E-state index contributed by atoms with van der Waals surface area (Å²) >= 11 is 3.08. The topological polar surface area (TPSA) is 75.3 Å². The molecule has 1 heterocycles. The summed E-state index contributed by atoms with van der Waals surface area (Å²) in [6.45, 7) is 0.0964. The fraction of sp³-hybridized carbons (Fsp3) is 0.800. The Morgan fingerprint density at radius 3 is 2.71 bits per heavy atom. The number of hydrogen-bond donors (Lipinski definition) is 2. The van der Waals surface area contributed by atoms with Crippen LogP contribution in [0.25, 0.3) is 0 Å². The molecule has 1 aromatic heterocycles. The van der Waals surface area contributed by atoms with Crippen molar-refractivity contribution in [2.45, 2.75) is 28.5 Å². The lowest BCUT2D eigenvalue weighted by Gasteiger charge is -2.19. The summed E-state index contributed by atoms with van der Waals surface area (Å²) < 4.78 is 0.879. The highest BCUT2D eigenvalue weighted by Gasteiger charge is 2.34. The van der Waals surface area contributed by atoms with Gasteiger partial charge in [0.1, 0.15) is 0 Å². The molecule has 2 rings (SSSR count). The van der Waals surface area contributed by atoms with Gasteiger partial charge in [0.25, 0.3) is 0 Å². The standard InChI is InChI=1S/C10H18N4OS2/c1-14(2)9-12-13-10(17-9)16-7(5-15)8(11)6-3-4-6/h6-8,15H,3-5,11H2,1-2H3. The summed E-state index contributed by atoms with van der Waals surface area (Å²) in [4.78, 5) is 1.93. The first-order valence-electron chi connectivity index (χ1n) is 5.65. The van der Waals surface area contributed by atoms with Gasteiger partial charge in [0, 0.05) is 20.1 Å². The van der Waals surface area contributed by atoms with E-state index >= 15 is 0 Å². The van der Waals surface area contributed by atoms with Crippen molar-refractivity contribution >= 4 is 28.2 Å². The van der Waals surface area contributed by atoms with E-state index in [9.17, 15) is 5.11 Å². The van der Waals surface area contributed by atoms with E-state index < -0.39 is 0 Å². The molecule has 5 nitrogen and oxygen atoms in total. The maximum atomic E-state index is 9.40. The number of aliphatic hydroxyl groups excluding tert-OH is 1. The molecule has 2 atom stereocenters. The number of nitrogens with zero attached hydrogens (tertiary/aromatic N) is 3. The van der Waals surface area contributed by atoms with E-state index in [1.807, 2.05) is 19.0 Å². The Morgan fingerprint density at radius 2 is 2.24 bits per heavy atom. The summed E-state index contributed by atoms with van der Waals surface area (Å²) in [5.74, 6) is 0.584. The molecule has 1 aromatic rings. The Kier molecular flexibility index (Phi) is 4.24. The summed E-state index contributed by atoms with van der Waals surface area (Å²) in [7, 11) is 3.88. The average Bonchev–Trinajstić information content (AvgIpc) is 3.04. The van der Waals surface area contributed by atoms with Gasteiger partial charge < -0.3 is 15.7 Å². The number of rotatable bonds is 6. The van der Waals surface area contributed by atoms with Gasteiger partial charge in [-0.05, 0) is 18.8 Å². The minimum atomic E-state index is 0.0328. The predicted octanol–water partition coefficient (Wildman–Crippen LogP) is 0.794. The molecular weight excluding hydrogens is 256 g/mol. The molecule has 96 valence electrons. The molecule has 0 aliphatic heterocycles. The van der Waals surface area contributed by atoms with Crippen LogP contribution in [0.1, 0.15) is 12.8 Å². The van der Waals surface area contributed by atoms with Gasteiger partial charge in [0.2, 0.25) is 5.13 Å². The summed E-state index contributed by atoms with van der Waals surface area (Å²) in [6, 6.07) is 0.0664. The van der Waals surface area contributed by atoms with Gasteiger partial charge in [-0.25, -0.2) is 0 Å². The number of aliphatic hydroxyl groups is 1. The third-order valence-corrected chi connectivity index (χ3v) is 5.28. The third kappa shape index (κ3) is 3.31. The van der Waals surface area contributed by atoms with Crippen LogP contribution in [0.2, 0.25) is 0 Å². The molecule has 3 N–H and O–H groups in total. The molecule has 1 saturated carbocycles. The monoisotopic (exact) mass is 274 g/mol. The molecular formula is C10H18N4OS2. The quantitative estimate of drug-likeness (QED) is 0.747. The maximum Gasteiger partial charge on any atom is 0.208 e. The Bertz CT molecular complexity index is 367. The average molecular weight is 274 g/mol. The van der Waals surface area contributed by atoms with E-state index in [-0.39, 0.29) is 17.9 Å². The Hall–Kier alpha value is -0.370. The molecule has 0 aromatic carbocycles. The number of anilines is 1. The lowest BCUT2D eigenvalue weighted by Crippen LogP contribution is -2.36. The zero-order valence-corrected chi connectivity index (χ0v) is 11.7. The van der Waals surface area contributed by atoms with Gasteiger partial charge in [-0.2, -0.15) is 0 Å². The minimum absolute atomic E-state index is 0.0328. The second-order valence-corrected chi connectivity index (χ2v) is 6.94. The van der Waals surface area contributed by atoms with Crippen molar-refractivity contribution in [3.63, 3.8) is 0 Å². The largest absolute Gasteiger partial charge is 0.395 e. The van der Waals surface area contributed by atoms with Crippen molar-refractivity contribution in [3.05, 3.63) is 0 Å². The fourth-order valence-electron chi connectivity index (χ4n) is 1.58. The van der Waals surface area contributed by atoms with Crippen LogP contribution in [0, 0.1) is 5.92 Å². The van der Waals surface area contributed by atoms with Crippen LogP contribution in [-0.4, -0.2) is 47.3 Å². The van der Waals surface area contributed by atoms with Crippen molar-refractivity contribution in [2.75, 3.05) is 25.6 Å². The second-order valence-electron chi connectivity index (χ2n) is 4.50. The molecule has 2 unspecified atom stereocenters. The van der Waals surface area contributed by atoms with Crippen LogP contribution in [0.4, 0.5) is 5.13 Å². The van der Waals surface area contributed by atoms with Crippen LogP contribution >= 0.6 is 23.1 Å². The van der Waals surface area contributed by atoms with E-state index in [4.69, 9.17) is 5.73 Å².